The van der Waals surface area contributed by atoms with Crippen molar-refractivity contribution in [2.24, 2.45) is 5.73 Å². The number of benzene rings is 1. The van der Waals surface area contributed by atoms with Crippen molar-refractivity contribution in [3.63, 3.8) is 0 Å². The average molecular weight is 279 g/mol. The molecular formula is C14H18FN3S. The van der Waals surface area contributed by atoms with Gasteiger partial charge in [-0.3, -0.25) is 0 Å². The number of aromatic nitrogens is 1. The number of para-hydroxylation sites is 1. The Morgan fingerprint density at radius 2 is 2.16 bits per heavy atom. The molecule has 3 nitrogen and oxygen atoms in total. The van der Waals surface area contributed by atoms with Crippen LogP contribution in [0.1, 0.15) is 17.6 Å². The van der Waals surface area contributed by atoms with E-state index in [1.807, 2.05) is 23.3 Å². The van der Waals surface area contributed by atoms with Crippen LogP contribution in [0.5, 0.6) is 0 Å². The van der Waals surface area contributed by atoms with Crippen LogP contribution in [0.2, 0.25) is 0 Å². The molecule has 0 fully saturated rings. The van der Waals surface area contributed by atoms with E-state index in [4.69, 9.17) is 5.73 Å². The van der Waals surface area contributed by atoms with Gasteiger partial charge in [-0.1, -0.05) is 12.1 Å². The highest BCUT2D eigenvalue weighted by Gasteiger charge is 2.11. The molecule has 0 saturated carbocycles. The second kappa shape index (κ2) is 6.63. The topological polar surface area (TPSA) is 42.1 Å². The van der Waals surface area contributed by atoms with Gasteiger partial charge in [0.05, 0.1) is 22.9 Å². The number of thiazole rings is 1. The first-order chi connectivity index (χ1) is 9.24. The Balaban J connectivity index is 2.12. The highest BCUT2D eigenvalue weighted by atomic mass is 32.1. The molecule has 1 aromatic carbocycles. The lowest BCUT2D eigenvalue weighted by atomic mass is 10.2. The molecule has 0 amide bonds. The second-order valence-electron chi connectivity index (χ2n) is 4.24. The average Bonchev–Trinajstić information content (AvgIpc) is 2.85. The van der Waals surface area contributed by atoms with Crippen LogP contribution in [0, 0.1) is 5.82 Å². The van der Waals surface area contributed by atoms with Crippen molar-refractivity contribution in [3.8, 4) is 0 Å². The molecular weight excluding hydrogens is 261 g/mol. The number of hydrogen-bond donors (Lipinski definition) is 1. The van der Waals surface area contributed by atoms with Crippen LogP contribution in [-0.4, -0.2) is 18.1 Å². The Morgan fingerprint density at radius 1 is 1.37 bits per heavy atom. The Kier molecular flexibility index (Phi) is 4.87. The van der Waals surface area contributed by atoms with E-state index in [-0.39, 0.29) is 5.82 Å². The highest BCUT2D eigenvalue weighted by Crippen LogP contribution is 2.21. The maximum absolute atomic E-state index is 13.8. The van der Waals surface area contributed by atoms with Gasteiger partial charge < -0.3 is 10.6 Å². The number of hydrogen-bond acceptors (Lipinski definition) is 4. The predicted molar refractivity (Wildman–Crippen MR) is 78.0 cm³/mol. The summed E-state index contributed by atoms with van der Waals surface area (Å²) in [6.07, 6.45) is 0.802. The summed E-state index contributed by atoms with van der Waals surface area (Å²) in [7, 11) is 0. The minimum absolute atomic E-state index is 0.193. The van der Waals surface area contributed by atoms with Gasteiger partial charge in [-0.05, 0) is 25.6 Å². The van der Waals surface area contributed by atoms with Crippen molar-refractivity contribution < 1.29 is 4.39 Å². The van der Waals surface area contributed by atoms with Gasteiger partial charge in [-0.15, -0.1) is 11.3 Å². The van der Waals surface area contributed by atoms with Gasteiger partial charge in [-0.2, -0.15) is 0 Å². The van der Waals surface area contributed by atoms with Gasteiger partial charge in [0, 0.05) is 18.3 Å². The lowest BCUT2D eigenvalue weighted by Crippen LogP contribution is -2.23. The molecule has 0 saturated heterocycles. The second-order valence-corrected chi connectivity index (χ2v) is 5.18. The molecule has 102 valence electrons. The molecule has 1 aromatic heterocycles. The third kappa shape index (κ3) is 3.52. The lowest BCUT2D eigenvalue weighted by molar-refractivity contribution is 0.617. The summed E-state index contributed by atoms with van der Waals surface area (Å²) >= 11 is 1.61. The Morgan fingerprint density at radius 3 is 2.84 bits per heavy atom. The summed E-state index contributed by atoms with van der Waals surface area (Å²) in [6, 6.07) is 6.84. The van der Waals surface area contributed by atoms with Gasteiger partial charge in [0.2, 0.25) is 0 Å². The Labute approximate surface area is 116 Å². The summed E-state index contributed by atoms with van der Waals surface area (Å²) in [4.78, 5) is 6.50. The molecule has 0 atom stereocenters. The summed E-state index contributed by atoms with van der Waals surface area (Å²) in [6.45, 7) is 3.99. The molecule has 2 rings (SSSR count). The largest absolute Gasteiger partial charge is 0.364 e. The predicted octanol–water partition coefficient (Wildman–Crippen LogP) is 2.81. The molecule has 1 heterocycles. The van der Waals surface area contributed by atoms with E-state index < -0.39 is 0 Å². The van der Waals surface area contributed by atoms with E-state index in [2.05, 4.69) is 4.98 Å². The third-order valence-corrected chi connectivity index (χ3v) is 3.84. The zero-order chi connectivity index (χ0) is 13.7. The minimum Gasteiger partial charge on any atom is -0.364 e. The van der Waals surface area contributed by atoms with Crippen LogP contribution in [0.25, 0.3) is 0 Å². The lowest BCUT2D eigenvalue weighted by Gasteiger charge is -2.22. The van der Waals surface area contributed by atoms with Gasteiger partial charge in [0.25, 0.3) is 0 Å². The van der Waals surface area contributed by atoms with Crippen LogP contribution < -0.4 is 10.6 Å². The van der Waals surface area contributed by atoms with Gasteiger partial charge in [0.15, 0.2) is 0 Å². The summed E-state index contributed by atoms with van der Waals surface area (Å²) in [5.74, 6) is -0.193. The van der Waals surface area contributed by atoms with Crippen molar-refractivity contribution in [2.45, 2.75) is 19.9 Å². The standard InChI is InChI=1S/C14H18FN3S/c1-2-18(13-6-4-3-5-12(13)15)9-11-10-19-14(17-11)7-8-16/h3-6,10H,2,7-9,16H2,1H3. The summed E-state index contributed by atoms with van der Waals surface area (Å²) in [5.41, 5.74) is 7.11. The Bertz CT molecular complexity index is 527. The van der Waals surface area contributed by atoms with Crippen LogP contribution in [0.4, 0.5) is 10.1 Å². The number of rotatable bonds is 6. The quantitative estimate of drug-likeness (QED) is 0.884. The fourth-order valence-electron chi connectivity index (χ4n) is 1.93. The first kappa shape index (κ1) is 14.0. The van der Waals surface area contributed by atoms with Crippen molar-refractivity contribution in [2.75, 3.05) is 18.0 Å². The van der Waals surface area contributed by atoms with Crippen LogP contribution in [-0.2, 0) is 13.0 Å². The highest BCUT2D eigenvalue weighted by molar-refractivity contribution is 7.09. The molecule has 19 heavy (non-hydrogen) atoms. The number of anilines is 1. The van der Waals surface area contributed by atoms with Crippen LogP contribution in [0.3, 0.4) is 0 Å². The maximum Gasteiger partial charge on any atom is 0.146 e. The van der Waals surface area contributed by atoms with E-state index in [0.717, 1.165) is 23.7 Å². The normalized spacial score (nSPS) is 10.7. The monoisotopic (exact) mass is 279 g/mol. The van der Waals surface area contributed by atoms with Crippen molar-refractivity contribution >= 4 is 17.0 Å². The smallest absolute Gasteiger partial charge is 0.146 e. The van der Waals surface area contributed by atoms with Crippen molar-refractivity contribution in [3.05, 3.63) is 46.2 Å². The fraction of sp³-hybridized carbons (Fsp3) is 0.357. The van der Waals surface area contributed by atoms with Crippen molar-refractivity contribution in [1.82, 2.24) is 4.98 Å². The van der Waals surface area contributed by atoms with Gasteiger partial charge in [-0.25, -0.2) is 9.37 Å². The first-order valence-electron chi connectivity index (χ1n) is 6.37. The zero-order valence-electron chi connectivity index (χ0n) is 11.0. The van der Waals surface area contributed by atoms with E-state index in [1.165, 1.54) is 6.07 Å². The molecule has 5 heteroatoms. The third-order valence-electron chi connectivity index (χ3n) is 2.89. The maximum atomic E-state index is 13.8. The van der Waals surface area contributed by atoms with E-state index in [0.29, 0.717) is 18.8 Å². The van der Waals surface area contributed by atoms with Crippen molar-refractivity contribution in [1.29, 1.82) is 0 Å². The molecule has 0 unspecified atom stereocenters. The first-order valence-corrected chi connectivity index (χ1v) is 7.25. The Hall–Kier alpha value is -1.46. The molecule has 2 aromatic rings. The van der Waals surface area contributed by atoms with Gasteiger partial charge >= 0.3 is 0 Å². The summed E-state index contributed by atoms with van der Waals surface area (Å²) < 4.78 is 13.8. The number of halogens is 1. The molecule has 0 bridgehead atoms. The molecule has 0 aliphatic rings. The van der Waals surface area contributed by atoms with E-state index >= 15 is 0 Å². The van der Waals surface area contributed by atoms with E-state index in [1.54, 1.807) is 23.5 Å². The molecule has 2 N–H and O–H groups in total. The van der Waals surface area contributed by atoms with Gasteiger partial charge in [0.1, 0.15) is 5.82 Å². The van der Waals surface area contributed by atoms with E-state index in [9.17, 15) is 4.39 Å². The molecule has 0 radical (unpaired) electrons. The van der Waals surface area contributed by atoms with Crippen LogP contribution in [0.15, 0.2) is 29.6 Å². The molecule has 0 aliphatic carbocycles. The fourth-order valence-corrected chi connectivity index (χ4v) is 2.74. The summed E-state index contributed by atoms with van der Waals surface area (Å²) in [5, 5.41) is 3.07. The SMILES string of the molecule is CCN(Cc1csc(CCN)n1)c1ccccc1F. The van der Waals surface area contributed by atoms with Crippen LogP contribution >= 0.6 is 11.3 Å². The number of nitrogens with zero attached hydrogens (tertiary/aromatic N) is 2. The minimum atomic E-state index is -0.193. The molecule has 0 aliphatic heterocycles. The zero-order valence-corrected chi connectivity index (χ0v) is 11.8. The molecule has 0 spiro atoms. The number of nitrogens with two attached hydrogens (primary N) is 1.